The van der Waals surface area contributed by atoms with Crippen molar-refractivity contribution in [3.63, 3.8) is 0 Å². The lowest BCUT2D eigenvalue weighted by molar-refractivity contribution is -0.142. The van der Waals surface area contributed by atoms with E-state index in [0.29, 0.717) is 0 Å². The minimum atomic E-state index is -3.89. The van der Waals surface area contributed by atoms with Crippen LogP contribution in [0, 0.1) is 0 Å². The number of hydrogen-bond acceptors (Lipinski definition) is 5. The highest BCUT2D eigenvalue weighted by Gasteiger charge is 2.18. The van der Waals surface area contributed by atoms with Crippen LogP contribution in [0.5, 0.6) is 0 Å². The Hall–Kier alpha value is -1.80. The van der Waals surface area contributed by atoms with Gasteiger partial charge in [-0.3, -0.25) is 9.52 Å². The van der Waals surface area contributed by atoms with E-state index in [-0.39, 0.29) is 29.3 Å². The second-order valence-electron chi connectivity index (χ2n) is 3.97. The summed E-state index contributed by atoms with van der Waals surface area (Å²) in [6, 6.07) is 3.71. The third kappa shape index (κ3) is 5.60. The van der Waals surface area contributed by atoms with Gasteiger partial charge in [0.2, 0.25) is 10.0 Å². The van der Waals surface area contributed by atoms with Gasteiger partial charge in [0, 0.05) is 5.02 Å². The van der Waals surface area contributed by atoms with Crippen molar-refractivity contribution in [2.75, 3.05) is 17.1 Å². The number of ether oxygens (including phenoxy) is 1. The molecule has 1 aromatic rings. The second kappa shape index (κ2) is 7.28. The molecule has 9 heteroatoms. The van der Waals surface area contributed by atoms with Crippen molar-refractivity contribution in [1.29, 1.82) is 0 Å². The van der Waals surface area contributed by atoms with Crippen molar-refractivity contribution in [2.24, 2.45) is 0 Å². The van der Waals surface area contributed by atoms with Gasteiger partial charge in [-0.05, 0) is 25.1 Å². The van der Waals surface area contributed by atoms with Crippen molar-refractivity contribution < 1.29 is 27.9 Å². The highest BCUT2D eigenvalue weighted by atomic mass is 35.5. The number of hydrogen-bond donors (Lipinski definition) is 2. The molecule has 0 saturated heterocycles. The summed E-state index contributed by atoms with van der Waals surface area (Å²) in [6.45, 7) is 1.76. The van der Waals surface area contributed by atoms with Gasteiger partial charge in [-0.25, -0.2) is 13.2 Å². The largest absolute Gasteiger partial charge is 0.478 e. The van der Waals surface area contributed by atoms with Crippen LogP contribution >= 0.6 is 11.6 Å². The fourth-order valence-corrected chi connectivity index (χ4v) is 2.67. The average molecular weight is 336 g/mol. The Bertz CT molecular complexity index is 643. The third-order valence-electron chi connectivity index (χ3n) is 2.36. The van der Waals surface area contributed by atoms with Crippen LogP contribution in [-0.4, -0.2) is 37.8 Å². The molecule has 116 valence electrons. The number of carbonyl (C=O) groups is 2. The molecule has 0 aromatic heterocycles. The zero-order valence-corrected chi connectivity index (χ0v) is 12.7. The van der Waals surface area contributed by atoms with Crippen LogP contribution in [0.3, 0.4) is 0 Å². The van der Waals surface area contributed by atoms with E-state index in [1.807, 2.05) is 0 Å². The lowest BCUT2D eigenvalue weighted by Gasteiger charge is -2.10. The number of aromatic carboxylic acids is 1. The molecule has 1 rings (SSSR count). The fourth-order valence-electron chi connectivity index (χ4n) is 1.46. The van der Waals surface area contributed by atoms with E-state index in [1.165, 1.54) is 18.2 Å². The van der Waals surface area contributed by atoms with Crippen molar-refractivity contribution in [3.8, 4) is 0 Å². The molecule has 1 aromatic carbocycles. The molecule has 0 amide bonds. The zero-order valence-electron chi connectivity index (χ0n) is 11.1. The van der Waals surface area contributed by atoms with E-state index in [4.69, 9.17) is 16.7 Å². The maximum atomic E-state index is 11.8. The summed E-state index contributed by atoms with van der Waals surface area (Å²) in [4.78, 5) is 22.2. The molecule has 0 fully saturated rings. The van der Waals surface area contributed by atoms with Crippen LogP contribution in [0.15, 0.2) is 18.2 Å². The minimum absolute atomic E-state index is 0.154. The molecule has 0 aliphatic heterocycles. The van der Waals surface area contributed by atoms with Crippen molar-refractivity contribution in [1.82, 2.24) is 0 Å². The summed E-state index contributed by atoms with van der Waals surface area (Å²) in [5.41, 5.74) is -0.391. The summed E-state index contributed by atoms with van der Waals surface area (Å²) in [5, 5.41) is 9.17. The predicted octanol–water partition coefficient (Wildman–Crippen LogP) is 1.73. The summed E-state index contributed by atoms with van der Waals surface area (Å²) < 4.78 is 30.4. The van der Waals surface area contributed by atoms with Crippen molar-refractivity contribution >= 4 is 39.3 Å². The van der Waals surface area contributed by atoms with E-state index >= 15 is 0 Å². The van der Waals surface area contributed by atoms with Gasteiger partial charge in [-0.2, -0.15) is 0 Å². The van der Waals surface area contributed by atoms with Gasteiger partial charge in [0.15, 0.2) is 0 Å². The van der Waals surface area contributed by atoms with Gasteiger partial charge in [-0.15, -0.1) is 0 Å². The highest BCUT2D eigenvalue weighted by molar-refractivity contribution is 7.92. The predicted molar refractivity (Wildman–Crippen MR) is 77.1 cm³/mol. The summed E-state index contributed by atoms with van der Waals surface area (Å²) in [5.74, 6) is -2.46. The Morgan fingerprint density at radius 3 is 2.62 bits per heavy atom. The fraction of sp³-hybridized carbons (Fsp3) is 0.333. The van der Waals surface area contributed by atoms with Gasteiger partial charge in [0.25, 0.3) is 0 Å². The summed E-state index contributed by atoms with van der Waals surface area (Å²) in [7, 11) is -3.89. The van der Waals surface area contributed by atoms with Gasteiger partial charge in [-0.1, -0.05) is 11.6 Å². The Morgan fingerprint density at radius 2 is 2.05 bits per heavy atom. The molecule has 21 heavy (non-hydrogen) atoms. The average Bonchev–Trinajstić information content (AvgIpc) is 2.36. The van der Waals surface area contributed by atoms with Gasteiger partial charge in [0.1, 0.15) is 0 Å². The number of anilines is 1. The number of esters is 1. The number of carboxylic acid groups (broad SMARTS) is 1. The Morgan fingerprint density at radius 1 is 1.38 bits per heavy atom. The lowest BCUT2D eigenvalue weighted by Crippen LogP contribution is -2.21. The van der Waals surface area contributed by atoms with E-state index in [1.54, 1.807) is 6.92 Å². The normalized spacial score (nSPS) is 11.0. The number of halogens is 1. The first-order chi connectivity index (χ1) is 9.75. The molecule has 0 heterocycles. The van der Waals surface area contributed by atoms with E-state index in [9.17, 15) is 18.0 Å². The second-order valence-corrected chi connectivity index (χ2v) is 6.25. The first-order valence-corrected chi connectivity index (χ1v) is 7.97. The number of rotatable bonds is 7. The maximum Gasteiger partial charge on any atom is 0.337 e. The molecule has 7 nitrogen and oxygen atoms in total. The van der Waals surface area contributed by atoms with Gasteiger partial charge >= 0.3 is 11.9 Å². The van der Waals surface area contributed by atoms with E-state index < -0.39 is 27.7 Å². The van der Waals surface area contributed by atoms with Crippen molar-refractivity contribution in [3.05, 3.63) is 28.8 Å². The number of sulfonamides is 1. The summed E-state index contributed by atoms with van der Waals surface area (Å²) >= 11 is 5.72. The van der Waals surface area contributed by atoms with Crippen LogP contribution in [-0.2, 0) is 19.6 Å². The smallest absolute Gasteiger partial charge is 0.337 e. The maximum absolute atomic E-state index is 11.8. The molecule has 0 bridgehead atoms. The molecule has 2 N–H and O–H groups in total. The van der Waals surface area contributed by atoms with E-state index in [0.717, 1.165) is 0 Å². The van der Waals surface area contributed by atoms with Gasteiger partial charge in [0.05, 0.1) is 30.0 Å². The molecule has 0 radical (unpaired) electrons. The van der Waals surface area contributed by atoms with Crippen LogP contribution in [0.2, 0.25) is 5.02 Å². The molecule has 0 unspecified atom stereocenters. The number of benzene rings is 1. The van der Waals surface area contributed by atoms with Crippen LogP contribution < -0.4 is 4.72 Å². The van der Waals surface area contributed by atoms with Crippen LogP contribution in [0.4, 0.5) is 5.69 Å². The highest BCUT2D eigenvalue weighted by Crippen LogP contribution is 2.22. The van der Waals surface area contributed by atoms with Crippen LogP contribution in [0.25, 0.3) is 0 Å². The van der Waals surface area contributed by atoms with Crippen molar-refractivity contribution in [2.45, 2.75) is 13.3 Å². The zero-order chi connectivity index (χ0) is 16.0. The SMILES string of the molecule is CCOC(=O)CCS(=O)(=O)Nc1cc(Cl)ccc1C(=O)O. The first kappa shape index (κ1) is 17.3. The molecule has 0 spiro atoms. The Kier molecular flexibility index (Phi) is 5.98. The monoisotopic (exact) mass is 335 g/mol. The van der Waals surface area contributed by atoms with E-state index in [2.05, 4.69) is 9.46 Å². The lowest BCUT2D eigenvalue weighted by atomic mass is 10.2. The standard InChI is InChI=1S/C12H14ClNO6S/c1-2-20-11(15)5-6-21(18,19)14-10-7-8(13)3-4-9(10)12(16)17/h3-4,7,14H,2,5-6H2,1H3,(H,16,17). The topological polar surface area (TPSA) is 110 Å². The first-order valence-electron chi connectivity index (χ1n) is 5.94. The number of nitrogens with one attached hydrogen (secondary N) is 1. The molecule has 0 saturated carbocycles. The molecule has 0 aliphatic rings. The number of carboxylic acids is 1. The van der Waals surface area contributed by atoms with Gasteiger partial charge < -0.3 is 9.84 Å². The molecular formula is C12H14ClNO6S. The van der Waals surface area contributed by atoms with Crippen LogP contribution in [0.1, 0.15) is 23.7 Å². The summed E-state index contributed by atoms with van der Waals surface area (Å²) in [6.07, 6.45) is -0.327. The molecule has 0 atom stereocenters. The number of carbonyl (C=O) groups excluding carboxylic acids is 1. The molecule has 0 aliphatic carbocycles. The quantitative estimate of drug-likeness (QED) is 0.734. The third-order valence-corrected chi connectivity index (χ3v) is 3.87. The Labute approximate surface area is 126 Å². The Balaban J connectivity index is 2.86. The minimum Gasteiger partial charge on any atom is -0.478 e. The molecular weight excluding hydrogens is 322 g/mol.